The fourth-order valence-electron chi connectivity index (χ4n) is 4.14. The Morgan fingerprint density at radius 1 is 1.00 bits per heavy atom. The Labute approximate surface area is 211 Å². The van der Waals surface area contributed by atoms with E-state index in [4.69, 9.17) is 14.5 Å². The summed E-state index contributed by atoms with van der Waals surface area (Å²) in [5.41, 5.74) is 2.88. The van der Waals surface area contributed by atoms with Gasteiger partial charge in [0.05, 0.1) is 11.1 Å². The van der Waals surface area contributed by atoms with Gasteiger partial charge < -0.3 is 9.47 Å². The maximum atomic E-state index is 13.8. The third-order valence-electron chi connectivity index (χ3n) is 5.91. The molecule has 0 bridgehead atoms. The predicted octanol–water partition coefficient (Wildman–Crippen LogP) is 6.35. The molecule has 3 aromatic carbocycles. The van der Waals surface area contributed by atoms with Gasteiger partial charge in [0.1, 0.15) is 17.5 Å². The standard InChI is InChI=1S/C28H22N2O3S2/c1-18-9-5-6-12-22(18)30-27(31)21-15-25(19-10-3-2-4-11-19)35-26(21)29-28(30)34-17-20-16-32-23-13-7-8-14-24(23)33-20/h2-15,20H,16-17H2,1H3. The molecule has 0 saturated heterocycles. The van der Waals surface area contributed by atoms with Gasteiger partial charge in [-0.05, 0) is 42.3 Å². The summed E-state index contributed by atoms with van der Waals surface area (Å²) in [6, 6.07) is 27.7. The third-order valence-corrected chi connectivity index (χ3v) is 8.06. The molecule has 0 fully saturated rings. The molecule has 6 rings (SSSR count). The highest BCUT2D eigenvalue weighted by molar-refractivity contribution is 7.99. The lowest BCUT2D eigenvalue weighted by Gasteiger charge is -2.26. The minimum Gasteiger partial charge on any atom is -0.486 e. The molecule has 1 unspecified atom stereocenters. The highest BCUT2D eigenvalue weighted by atomic mass is 32.2. The summed E-state index contributed by atoms with van der Waals surface area (Å²) in [5, 5.41) is 1.29. The van der Waals surface area contributed by atoms with E-state index in [9.17, 15) is 4.79 Å². The van der Waals surface area contributed by atoms with Gasteiger partial charge in [0, 0.05) is 10.6 Å². The molecule has 0 spiro atoms. The Kier molecular flexibility index (Phi) is 5.80. The first-order valence-corrected chi connectivity index (χ1v) is 13.2. The molecule has 0 amide bonds. The van der Waals surface area contributed by atoms with Crippen LogP contribution in [0.2, 0.25) is 0 Å². The van der Waals surface area contributed by atoms with Crippen molar-refractivity contribution in [2.75, 3.05) is 12.4 Å². The fourth-order valence-corrected chi connectivity index (χ4v) is 6.19. The Balaban J connectivity index is 1.40. The van der Waals surface area contributed by atoms with Crippen LogP contribution >= 0.6 is 23.1 Å². The maximum absolute atomic E-state index is 13.8. The second-order valence-electron chi connectivity index (χ2n) is 8.33. The number of rotatable bonds is 5. The average Bonchev–Trinajstić information content (AvgIpc) is 3.33. The van der Waals surface area contributed by atoms with Gasteiger partial charge in [0.15, 0.2) is 16.7 Å². The summed E-state index contributed by atoms with van der Waals surface area (Å²) in [5.74, 6) is 2.11. The molecule has 0 aliphatic carbocycles. The Bertz CT molecular complexity index is 1580. The van der Waals surface area contributed by atoms with Crippen molar-refractivity contribution in [3.63, 3.8) is 0 Å². The molecule has 174 valence electrons. The van der Waals surface area contributed by atoms with E-state index in [2.05, 4.69) is 12.1 Å². The number of para-hydroxylation sites is 3. The normalized spacial score (nSPS) is 14.8. The van der Waals surface area contributed by atoms with Gasteiger partial charge in [0.25, 0.3) is 5.56 Å². The molecule has 1 atom stereocenters. The molecule has 0 N–H and O–H groups in total. The van der Waals surface area contributed by atoms with Crippen LogP contribution in [-0.2, 0) is 0 Å². The van der Waals surface area contributed by atoms with E-state index < -0.39 is 0 Å². The molecule has 0 radical (unpaired) electrons. The Morgan fingerprint density at radius 2 is 1.74 bits per heavy atom. The highest BCUT2D eigenvalue weighted by Gasteiger charge is 2.23. The van der Waals surface area contributed by atoms with Crippen molar-refractivity contribution >= 4 is 33.3 Å². The highest BCUT2D eigenvalue weighted by Crippen LogP contribution is 2.35. The molecule has 2 aromatic heterocycles. The summed E-state index contributed by atoms with van der Waals surface area (Å²) >= 11 is 3.06. The van der Waals surface area contributed by atoms with Crippen molar-refractivity contribution in [1.82, 2.24) is 9.55 Å². The van der Waals surface area contributed by atoms with E-state index in [0.29, 0.717) is 22.9 Å². The van der Waals surface area contributed by atoms with E-state index >= 15 is 0 Å². The summed E-state index contributed by atoms with van der Waals surface area (Å²) in [6.07, 6.45) is -0.143. The Hall–Kier alpha value is -3.55. The number of nitrogens with zero attached hydrogens (tertiary/aromatic N) is 2. The van der Waals surface area contributed by atoms with Gasteiger partial charge in [-0.15, -0.1) is 11.3 Å². The number of ether oxygens (including phenoxy) is 2. The SMILES string of the molecule is Cc1ccccc1-n1c(SCC2COc3ccccc3O2)nc2sc(-c3ccccc3)cc2c1=O. The van der Waals surface area contributed by atoms with Crippen LogP contribution in [0.1, 0.15) is 5.56 Å². The molecule has 5 aromatic rings. The van der Waals surface area contributed by atoms with Crippen molar-refractivity contribution in [2.24, 2.45) is 0 Å². The van der Waals surface area contributed by atoms with Crippen LogP contribution in [-0.4, -0.2) is 28.0 Å². The number of aromatic nitrogens is 2. The monoisotopic (exact) mass is 498 g/mol. The van der Waals surface area contributed by atoms with E-state index in [-0.39, 0.29) is 11.7 Å². The zero-order chi connectivity index (χ0) is 23.8. The smallest absolute Gasteiger partial charge is 0.267 e. The number of aryl methyl sites for hydroxylation is 1. The molecule has 1 aliphatic rings. The van der Waals surface area contributed by atoms with Crippen molar-refractivity contribution in [1.29, 1.82) is 0 Å². The van der Waals surface area contributed by atoms with Gasteiger partial charge in [-0.25, -0.2) is 4.98 Å². The van der Waals surface area contributed by atoms with Gasteiger partial charge in [-0.3, -0.25) is 9.36 Å². The van der Waals surface area contributed by atoms with Crippen molar-refractivity contribution in [2.45, 2.75) is 18.2 Å². The molecule has 7 heteroatoms. The second kappa shape index (κ2) is 9.24. The van der Waals surface area contributed by atoms with Crippen LogP contribution in [0.3, 0.4) is 0 Å². The first kappa shape index (κ1) is 21.9. The maximum Gasteiger partial charge on any atom is 0.267 e. The molecule has 5 nitrogen and oxygen atoms in total. The lowest BCUT2D eigenvalue weighted by molar-refractivity contribution is 0.107. The van der Waals surface area contributed by atoms with Crippen LogP contribution in [0.5, 0.6) is 11.5 Å². The van der Waals surface area contributed by atoms with Crippen molar-refractivity contribution in [3.8, 4) is 27.6 Å². The third kappa shape index (κ3) is 4.22. The summed E-state index contributed by atoms with van der Waals surface area (Å²) in [6.45, 7) is 2.47. The van der Waals surface area contributed by atoms with Crippen LogP contribution in [0.15, 0.2) is 94.9 Å². The predicted molar refractivity (Wildman–Crippen MR) is 142 cm³/mol. The Morgan fingerprint density at radius 3 is 2.57 bits per heavy atom. The summed E-state index contributed by atoms with van der Waals surface area (Å²) in [4.78, 5) is 20.6. The molecular formula is C28H22N2O3S2. The van der Waals surface area contributed by atoms with E-state index in [1.54, 1.807) is 15.9 Å². The largest absolute Gasteiger partial charge is 0.486 e. The quantitative estimate of drug-likeness (QED) is 0.209. The molecule has 0 saturated carbocycles. The lowest BCUT2D eigenvalue weighted by atomic mass is 10.2. The number of thiophene rings is 1. The molecule has 3 heterocycles. The van der Waals surface area contributed by atoms with Gasteiger partial charge >= 0.3 is 0 Å². The van der Waals surface area contributed by atoms with Crippen molar-refractivity contribution in [3.05, 3.63) is 101 Å². The number of hydrogen-bond acceptors (Lipinski definition) is 6. The lowest BCUT2D eigenvalue weighted by Crippen LogP contribution is -2.31. The average molecular weight is 499 g/mol. The van der Waals surface area contributed by atoms with Crippen molar-refractivity contribution < 1.29 is 9.47 Å². The zero-order valence-corrected chi connectivity index (χ0v) is 20.6. The summed E-state index contributed by atoms with van der Waals surface area (Å²) in [7, 11) is 0. The first-order chi connectivity index (χ1) is 17.2. The summed E-state index contributed by atoms with van der Waals surface area (Å²) < 4.78 is 13.8. The van der Waals surface area contributed by atoms with Crippen LogP contribution in [0.4, 0.5) is 0 Å². The van der Waals surface area contributed by atoms with Crippen LogP contribution < -0.4 is 15.0 Å². The molecule has 35 heavy (non-hydrogen) atoms. The topological polar surface area (TPSA) is 53.4 Å². The van der Waals surface area contributed by atoms with E-state index in [0.717, 1.165) is 38.0 Å². The number of thioether (sulfide) groups is 1. The number of fused-ring (bicyclic) bond motifs is 2. The molecule has 1 aliphatic heterocycles. The first-order valence-electron chi connectivity index (χ1n) is 11.4. The van der Waals surface area contributed by atoms with Gasteiger partial charge in [-0.1, -0.05) is 72.4 Å². The van der Waals surface area contributed by atoms with Gasteiger partial charge in [-0.2, -0.15) is 0 Å². The zero-order valence-electron chi connectivity index (χ0n) is 19.0. The minimum absolute atomic E-state index is 0.0589. The van der Waals surface area contributed by atoms with E-state index in [1.165, 1.54) is 11.8 Å². The van der Waals surface area contributed by atoms with Crippen LogP contribution in [0.25, 0.3) is 26.3 Å². The number of hydrogen-bond donors (Lipinski definition) is 0. The minimum atomic E-state index is -0.143. The van der Waals surface area contributed by atoms with Crippen LogP contribution in [0, 0.1) is 6.92 Å². The van der Waals surface area contributed by atoms with Gasteiger partial charge in [0.2, 0.25) is 0 Å². The molecular weight excluding hydrogens is 476 g/mol. The van der Waals surface area contributed by atoms with E-state index in [1.807, 2.05) is 79.7 Å². The fraction of sp³-hybridized carbons (Fsp3) is 0.143. The second-order valence-corrected chi connectivity index (χ2v) is 10.3. The number of benzene rings is 3.